The van der Waals surface area contributed by atoms with E-state index in [1.807, 2.05) is 6.92 Å². The summed E-state index contributed by atoms with van der Waals surface area (Å²) in [4.78, 5) is 0. The summed E-state index contributed by atoms with van der Waals surface area (Å²) in [5.74, 6) is 0.573. The molecule has 0 amide bonds. The quantitative estimate of drug-likeness (QED) is 0.295. The molecular formula is C29H43F. The van der Waals surface area contributed by atoms with Gasteiger partial charge in [0, 0.05) is 0 Å². The lowest BCUT2D eigenvalue weighted by Crippen LogP contribution is -2.04. The number of rotatable bonds is 8. The van der Waals surface area contributed by atoms with Crippen LogP contribution in [-0.4, -0.2) is 0 Å². The highest BCUT2D eigenvalue weighted by Crippen LogP contribution is 2.28. The van der Waals surface area contributed by atoms with E-state index in [9.17, 15) is 4.39 Å². The predicted molar refractivity (Wildman–Crippen MR) is 138 cm³/mol. The Morgan fingerprint density at radius 2 is 1.63 bits per heavy atom. The molecule has 1 rings (SSSR count). The minimum absolute atomic E-state index is 0.250. The van der Waals surface area contributed by atoms with Gasteiger partial charge in [0.2, 0.25) is 0 Å². The number of halogens is 1. The highest BCUT2D eigenvalue weighted by molar-refractivity contribution is 5.74. The summed E-state index contributed by atoms with van der Waals surface area (Å²) >= 11 is 0. The summed E-state index contributed by atoms with van der Waals surface area (Å²) in [5, 5.41) is 0. The Hall–Kier alpha value is -2.41. The SMILES string of the molecule is C=C(C)/C=C(/Cc1cccc(C(=C)C)c1/C=C\C)C(C)CC.C=C(C)CC.C=CF. The summed E-state index contributed by atoms with van der Waals surface area (Å²) in [5.41, 5.74) is 8.86. The van der Waals surface area contributed by atoms with Gasteiger partial charge in [-0.3, -0.25) is 0 Å². The van der Waals surface area contributed by atoms with E-state index in [-0.39, 0.29) is 6.33 Å². The fourth-order valence-electron chi connectivity index (χ4n) is 2.67. The Balaban J connectivity index is 0. The smallest absolute Gasteiger partial charge is 0.0795 e. The molecule has 0 heterocycles. The van der Waals surface area contributed by atoms with Gasteiger partial charge in [-0.15, -0.1) is 6.58 Å². The molecule has 1 heteroatoms. The lowest BCUT2D eigenvalue weighted by molar-refractivity contribution is 0.638. The van der Waals surface area contributed by atoms with Crippen molar-refractivity contribution >= 4 is 11.6 Å². The van der Waals surface area contributed by atoms with Crippen LogP contribution in [0.15, 0.2) is 79.7 Å². The summed E-state index contributed by atoms with van der Waals surface area (Å²) in [7, 11) is 0. The normalized spacial score (nSPS) is 11.5. The molecule has 0 bridgehead atoms. The molecular weight excluding hydrogens is 367 g/mol. The molecule has 0 N–H and O–H groups in total. The van der Waals surface area contributed by atoms with Gasteiger partial charge in [-0.1, -0.05) is 99.2 Å². The van der Waals surface area contributed by atoms with Crippen LogP contribution in [0.25, 0.3) is 11.6 Å². The molecule has 0 saturated carbocycles. The van der Waals surface area contributed by atoms with Crippen molar-refractivity contribution in [3.8, 4) is 0 Å². The molecule has 166 valence electrons. The van der Waals surface area contributed by atoms with E-state index in [2.05, 4.69) is 104 Å². The molecule has 0 spiro atoms. The van der Waals surface area contributed by atoms with E-state index in [0.717, 1.165) is 30.4 Å². The van der Waals surface area contributed by atoms with Crippen LogP contribution in [0.3, 0.4) is 0 Å². The molecule has 0 radical (unpaired) electrons. The first kappa shape index (κ1) is 29.8. The fourth-order valence-corrected chi connectivity index (χ4v) is 2.67. The van der Waals surface area contributed by atoms with Crippen molar-refractivity contribution in [2.45, 2.75) is 67.7 Å². The molecule has 0 aromatic heterocycles. The molecule has 1 atom stereocenters. The van der Waals surface area contributed by atoms with Crippen LogP contribution >= 0.6 is 0 Å². The standard InChI is InChI=1S/C22H30.C5H10.C2H3F/c1-8-11-22-19(12-10-13-21(22)17(5)6)15-20(14-16(3)4)18(7)9-2;1-4-5(2)3;1-2-3/h8,10-14,18H,3,5,9,15H2,1-2,4,6-7H3;2,4H2,1,3H3;2H,1H2/b11-8-,20-14-;;. The summed E-state index contributed by atoms with van der Waals surface area (Å²) in [6.45, 7) is 29.4. The van der Waals surface area contributed by atoms with E-state index in [0.29, 0.717) is 5.92 Å². The highest BCUT2D eigenvalue weighted by atomic mass is 19.1. The maximum atomic E-state index is 10.1. The molecule has 1 unspecified atom stereocenters. The zero-order valence-electron chi connectivity index (χ0n) is 20.4. The Labute approximate surface area is 186 Å². The fraction of sp³-hybridized carbons (Fsp3) is 0.379. The first-order chi connectivity index (χ1) is 14.1. The van der Waals surface area contributed by atoms with Crippen molar-refractivity contribution in [1.82, 2.24) is 0 Å². The first-order valence-corrected chi connectivity index (χ1v) is 10.7. The molecule has 1 aromatic rings. The molecule has 0 aliphatic heterocycles. The van der Waals surface area contributed by atoms with Crippen LogP contribution in [-0.2, 0) is 6.42 Å². The second kappa shape index (κ2) is 17.4. The van der Waals surface area contributed by atoms with Gasteiger partial charge < -0.3 is 0 Å². The Kier molecular flexibility index (Phi) is 17.3. The van der Waals surface area contributed by atoms with E-state index in [1.165, 1.54) is 27.8 Å². The van der Waals surface area contributed by atoms with Crippen molar-refractivity contribution in [3.63, 3.8) is 0 Å². The summed E-state index contributed by atoms with van der Waals surface area (Å²) in [6, 6.07) is 6.53. The van der Waals surface area contributed by atoms with E-state index in [1.54, 1.807) is 0 Å². The molecule has 30 heavy (non-hydrogen) atoms. The second-order valence-corrected chi connectivity index (χ2v) is 7.68. The molecule has 0 aliphatic rings. The van der Waals surface area contributed by atoms with Gasteiger partial charge >= 0.3 is 0 Å². The van der Waals surface area contributed by atoms with Crippen LogP contribution in [0, 0.1) is 5.92 Å². The third-order valence-corrected chi connectivity index (χ3v) is 4.66. The van der Waals surface area contributed by atoms with E-state index in [4.69, 9.17) is 0 Å². The van der Waals surface area contributed by atoms with Gasteiger partial charge in [0.1, 0.15) is 0 Å². The van der Waals surface area contributed by atoms with E-state index < -0.39 is 0 Å². The molecule has 0 nitrogen and oxygen atoms in total. The largest absolute Gasteiger partial charge is 0.216 e. The highest BCUT2D eigenvalue weighted by Gasteiger charge is 2.12. The van der Waals surface area contributed by atoms with Gasteiger partial charge in [0.05, 0.1) is 6.33 Å². The average molecular weight is 411 g/mol. The van der Waals surface area contributed by atoms with Crippen molar-refractivity contribution in [2.24, 2.45) is 5.92 Å². The molecule has 0 aliphatic carbocycles. The molecule has 0 fully saturated rings. The monoisotopic (exact) mass is 410 g/mol. The van der Waals surface area contributed by atoms with Gasteiger partial charge in [0.15, 0.2) is 0 Å². The minimum Gasteiger partial charge on any atom is -0.216 e. The number of hydrogen-bond donors (Lipinski definition) is 0. The van der Waals surface area contributed by atoms with Crippen LogP contribution in [0.5, 0.6) is 0 Å². The predicted octanol–water partition coefficient (Wildman–Crippen LogP) is 9.92. The maximum absolute atomic E-state index is 10.1. The third-order valence-electron chi connectivity index (χ3n) is 4.66. The number of allylic oxidation sites excluding steroid dienone is 6. The third kappa shape index (κ3) is 12.9. The van der Waals surface area contributed by atoms with Crippen LogP contribution in [0.4, 0.5) is 4.39 Å². The van der Waals surface area contributed by atoms with Crippen molar-refractivity contribution < 1.29 is 4.39 Å². The van der Waals surface area contributed by atoms with Crippen molar-refractivity contribution in [3.05, 3.63) is 96.4 Å². The topological polar surface area (TPSA) is 0 Å². The van der Waals surface area contributed by atoms with Crippen molar-refractivity contribution in [1.29, 1.82) is 0 Å². The second-order valence-electron chi connectivity index (χ2n) is 7.68. The van der Waals surface area contributed by atoms with Gasteiger partial charge in [-0.25, -0.2) is 4.39 Å². The number of benzene rings is 1. The maximum Gasteiger partial charge on any atom is 0.0795 e. The Morgan fingerprint density at radius 3 is 2.00 bits per heavy atom. The average Bonchev–Trinajstić information content (AvgIpc) is 2.68. The zero-order chi connectivity index (χ0) is 23.7. The van der Waals surface area contributed by atoms with Crippen LogP contribution in [0.2, 0.25) is 0 Å². The van der Waals surface area contributed by atoms with Gasteiger partial charge in [0.25, 0.3) is 0 Å². The van der Waals surface area contributed by atoms with Crippen LogP contribution < -0.4 is 0 Å². The zero-order valence-corrected chi connectivity index (χ0v) is 20.4. The Bertz CT molecular complexity index is 744. The first-order valence-electron chi connectivity index (χ1n) is 10.7. The summed E-state index contributed by atoms with van der Waals surface area (Å²) < 4.78 is 10.1. The molecule has 1 aromatic carbocycles. The Morgan fingerprint density at radius 1 is 1.10 bits per heavy atom. The summed E-state index contributed by atoms with van der Waals surface area (Å²) in [6.07, 6.45) is 10.0. The number of hydrogen-bond acceptors (Lipinski definition) is 0. The lowest BCUT2D eigenvalue weighted by Gasteiger charge is -2.18. The minimum atomic E-state index is 0.250. The van der Waals surface area contributed by atoms with Gasteiger partial charge in [-0.05, 0) is 69.6 Å². The van der Waals surface area contributed by atoms with Crippen molar-refractivity contribution in [2.75, 3.05) is 0 Å². The molecule has 0 saturated heterocycles. The van der Waals surface area contributed by atoms with Crippen LogP contribution in [0.1, 0.15) is 78.0 Å². The van der Waals surface area contributed by atoms with E-state index >= 15 is 0 Å². The van der Waals surface area contributed by atoms with Gasteiger partial charge in [-0.2, -0.15) is 0 Å². The lowest BCUT2D eigenvalue weighted by atomic mass is 9.87.